The topological polar surface area (TPSA) is 49.6 Å². The van der Waals surface area contributed by atoms with E-state index in [0.717, 1.165) is 29.9 Å². The van der Waals surface area contributed by atoms with Crippen molar-refractivity contribution in [3.63, 3.8) is 0 Å². The van der Waals surface area contributed by atoms with Crippen LogP contribution in [-0.2, 0) is 0 Å². The van der Waals surface area contributed by atoms with Crippen LogP contribution in [0.25, 0.3) is 0 Å². The summed E-state index contributed by atoms with van der Waals surface area (Å²) in [5, 5.41) is 6.68. The number of nitrogens with zero attached hydrogens (tertiary/aromatic N) is 1. The molecule has 108 valence electrons. The maximum Gasteiger partial charge on any atom is 0.191 e. The quantitative estimate of drug-likeness (QED) is 0.471. The monoisotopic (exact) mass is 377 g/mol. The third-order valence-corrected chi connectivity index (χ3v) is 3.31. The standard InChI is InChI=1S/C14H23N3O.HI/c1-10-4-7-13(18-10)11(2)17-14(15-3)16-9-8-12-5-6-12;/h4,7,11-12H,5-6,8-9H2,1-3H3,(H2,15,16,17);1H. The Labute approximate surface area is 132 Å². The molecule has 19 heavy (non-hydrogen) atoms. The lowest BCUT2D eigenvalue weighted by atomic mass is 10.2. The normalized spacial score (nSPS) is 16.7. The van der Waals surface area contributed by atoms with E-state index in [2.05, 4.69) is 22.5 Å². The highest BCUT2D eigenvalue weighted by Crippen LogP contribution is 2.31. The maximum absolute atomic E-state index is 5.60. The molecule has 1 fully saturated rings. The van der Waals surface area contributed by atoms with Crippen molar-refractivity contribution in [1.29, 1.82) is 0 Å². The van der Waals surface area contributed by atoms with Gasteiger partial charge in [0.05, 0.1) is 6.04 Å². The van der Waals surface area contributed by atoms with Crippen molar-refractivity contribution in [3.8, 4) is 0 Å². The average Bonchev–Trinajstić information content (AvgIpc) is 3.08. The Morgan fingerprint density at radius 1 is 1.47 bits per heavy atom. The van der Waals surface area contributed by atoms with Crippen LogP contribution in [0.2, 0.25) is 0 Å². The number of aryl methyl sites for hydroxylation is 1. The van der Waals surface area contributed by atoms with Crippen molar-refractivity contribution in [2.75, 3.05) is 13.6 Å². The van der Waals surface area contributed by atoms with Crippen LogP contribution in [0, 0.1) is 12.8 Å². The summed E-state index contributed by atoms with van der Waals surface area (Å²) < 4.78 is 5.60. The van der Waals surface area contributed by atoms with Gasteiger partial charge < -0.3 is 15.1 Å². The SMILES string of the molecule is CN=C(NCCC1CC1)NC(C)c1ccc(C)o1.I. The fraction of sp³-hybridized carbons (Fsp3) is 0.643. The second kappa shape index (κ2) is 7.77. The van der Waals surface area contributed by atoms with Gasteiger partial charge in [-0.1, -0.05) is 12.8 Å². The zero-order valence-corrected chi connectivity index (χ0v) is 14.2. The first-order valence-electron chi connectivity index (χ1n) is 6.72. The highest BCUT2D eigenvalue weighted by molar-refractivity contribution is 14.0. The second-order valence-electron chi connectivity index (χ2n) is 5.05. The van der Waals surface area contributed by atoms with Gasteiger partial charge in [0.25, 0.3) is 0 Å². The molecule has 0 saturated heterocycles. The minimum absolute atomic E-state index is 0. The van der Waals surface area contributed by atoms with Gasteiger partial charge in [-0.3, -0.25) is 4.99 Å². The molecule has 1 atom stereocenters. The number of hydrogen-bond donors (Lipinski definition) is 2. The van der Waals surface area contributed by atoms with Gasteiger partial charge in [-0.15, -0.1) is 24.0 Å². The number of guanidine groups is 1. The molecule has 0 aliphatic heterocycles. The minimum Gasteiger partial charge on any atom is -0.464 e. The number of hydrogen-bond acceptors (Lipinski definition) is 2. The zero-order chi connectivity index (χ0) is 13.0. The lowest BCUT2D eigenvalue weighted by Crippen LogP contribution is -2.39. The lowest BCUT2D eigenvalue weighted by molar-refractivity contribution is 0.441. The summed E-state index contributed by atoms with van der Waals surface area (Å²) in [5.41, 5.74) is 0. The molecule has 2 N–H and O–H groups in total. The van der Waals surface area contributed by atoms with Gasteiger partial charge in [-0.05, 0) is 38.3 Å². The number of rotatable bonds is 5. The average molecular weight is 377 g/mol. The lowest BCUT2D eigenvalue weighted by Gasteiger charge is -2.16. The predicted molar refractivity (Wildman–Crippen MR) is 89.1 cm³/mol. The van der Waals surface area contributed by atoms with Crippen molar-refractivity contribution in [3.05, 3.63) is 23.7 Å². The third kappa shape index (κ3) is 5.42. The molecule has 1 heterocycles. The van der Waals surface area contributed by atoms with Crippen LogP contribution in [0.15, 0.2) is 21.5 Å². The fourth-order valence-corrected chi connectivity index (χ4v) is 1.96. The molecule has 1 unspecified atom stereocenters. The summed E-state index contributed by atoms with van der Waals surface area (Å²) >= 11 is 0. The first-order chi connectivity index (χ1) is 8.69. The summed E-state index contributed by atoms with van der Waals surface area (Å²) in [6.07, 6.45) is 4.04. The van der Waals surface area contributed by atoms with Gasteiger partial charge in [0, 0.05) is 13.6 Å². The van der Waals surface area contributed by atoms with E-state index in [0.29, 0.717) is 0 Å². The van der Waals surface area contributed by atoms with Crippen molar-refractivity contribution in [1.82, 2.24) is 10.6 Å². The molecular weight excluding hydrogens is 353 g/mol. The molecule has 1 aliphatic carbocycles. The first-order valence-corrected chi connectivity index (χ1v) is 6.72. The van der Waals surface area contributed by atoms with E-state index in [4.69, 9.17) is 4.42 Å². The fourth-order valence-electron chi connectivity index (χ4n) is 1.96. The highest BCUT2D eigenvalue weighted by atomic mass is 127. The van der Waals surface area contributed by atoms with E-state index in [9.17, 15) is 0 Å². The first kappa shape index (κ1) is 16.3. The summed E-state index contributed by atoms with van der Waals surface area (Å²) in [6, 6.07) is 4.12. The molecule has 2 rings (SSSR count). The Morgan fingerprint density at radius 2 is 2.21 bits per heavy atom. The Balaban J connectivity index is 0.00000180. The molecule has 0 radical (unpaired) electrons. The van der Waals surface area contributed by atoms with Crippen molar-refractivity contribution in [2.45, 2.75) is 39.2 Å². The summed E-state index contributed by atoms with van der Waals surface area (Å²) in [5.74, 6) is 3.67. The van der Waals surface area contributed by atoms with Gasteiger partial charge in [0.15, 0.2) is 5.96 Å². The van der Waals surface area contributed by atoms with Crippen LogP contribution in [0.1, 0.15) is 43.7 Å². The van der Waals surface area contributed by atoms with E-state index < -0.39 is 0 Å². The molecule has 1 aliphatic rings. The Morgan fingerprint density at radius 3 is 2.74 bits per heavy atom. The molecule has 0 bridgehead atoms. The van der Waals surface area contributed by atoms with E-state index >= 15 is 0 Å². The van der Waals surface area contributed by atoms with Crippen LogP contribution in [0.3, 0.4) is 0 Å². The van der Waals surface area contributed by atoms with Crippen LogP contribution in [0.4, 0.5) is 0 Å². The Hall–Kier alpha value is -0.720. The number of aliphatic imine (C=N–C) groups is 1. The van der Waals surface area contributed by atoms with Crippen molar-refractivity contribution < 1.29 is 4.42 Å². The summed E-state index contributed by atoms with van der Waals surface area (Å²) in [7, 11) is 1.80. The molecular formula is C14H24IN3O. The van der Waals surface area contributed by atoms with Crippen LogP contribution >= 0.6 is 24.0 Å². The molecule has 0 aromatic carbocycles. The van der Waals surface area contributed by atoms with Crippen molar-refractivity contribution in [2.24, 2.45) is 10.9 Å². The van der Waals surface area contributed by atoms with Crippen molar-refractivity contribution >= 4 is 29.9 Å². The molecule has 4 nitrogen and oxygen atoms in total. The zero-order valence-electron chi connectivity index (χ0n) is 11.9. The minimum atomic E-state index is 0. The van der Waals surface area contributed by atoms with E-state index in [-0.39, 0.29) is 30.0 Å². The molecule has 1 aromatic rings. The van der Waals surface area contributed by atoms with Gasteiger partial charge in [-0.2, -0.15) is 0 Å². The smallest absolute Gasteiger partial charge is 0.191 e. The Kier molecular flexibility index (Phi) is 6.68. The van der Waals surface area contributed by atoms with Crippen LogP contribution < -0.4 is 10.6 Å². The third-order valence-electron chi connectivity index (χ3n) is 3.31. The predicted octanol–water partition coefficient (Wildman–Crippen LogP) is 3.23. The highest BCUT2D eigenvalue weighted by Gasteiger charge is 2.20. The second-order valence-corrected chi connectivity index (χ2v) is 5.05. The Bertz CT molecular complexity index is 413. The van der Waals surface area contributed by atoms with Gasteiger partial charge in [-0.25, -0.2) is 0 Å². The molecule has 0 spiro atoms. The summed E-state index contributed by atoms with van der Waals surface area (Å²) in [6.45, 7) is 5.03. The van der Waals surface area contributed by atoms with Crippen LogP contribution in [0.5, 0.6) is 0 Å². The molecule has 1 aromatic heterocycles. The largest absolute Gasteiger partial charge is 0.464 e. The van der Waals surface area contributed by atoms with E-state index in [1.165, 1.54) is 19.3 Å². The number of nitrogens with one attached hydrogen (secondary N) is 2. The molecule has 0 amide bonds. The van der Waals surface area contributed by atoms with Gasteiger partial charge in [0.1, 0.15) is 11.5 Å². The van der Waals surface area contributed by atoms with Gasteiger partial charge >= 0.3 is 0 Å². The van der Waals surface area contributed by atoms with Gasteiger partial charge in [0.2, 0.25) is 0 Å². The van der Waals surface area contributed by atoms with E-state index in [1.54, 1.807) is 7.05 Å². The van der Waals surface area contributed by atoms with E-state index in [1.807, 2.05) is 19.1 Å². The molecule has 5 heteroatoms. The number of halogens is 1. The maximum atomic E-state index is 5.60. The number of furan rings is 1. The summed E-state index contributed by atoms with van der Waals surface area (Å²) in [4.78, 5) is 4.23. The molecule has 1 saturated carbocycles. The van der Waals surface area contributed by atoms with Crippen LogP contribution in [-0.4, -0.2) is 19.6 Å².